The lowest BCUT2D eigenvalue weighted by Gasteiger charge is -2.07. The maximum absolute atomic E-state index is 4.41. The van der Waals surface area contributed by atoms with Crippen molar-refractivity contribution in [3.8, 4) is 0 Å². The van der Waals surface area contributed by atoms with E-state index in [-0.39, 0.29) is 0 Å². The van der Waals surface area contributed by atoms with Gasteiger partial charge in [0.05, 0.1) is 0 Å². The Balaban J connectivity index is 2.33. The Morgan fingerprint density at radius 2 is 2.25 bits per heavy atom. The Morgan fingerprint density at radius 1 is 1.44 bits per heavy atom. The molecule has 0 aliphatic carbocycles. The van der Waals surface area contributed by atoms with Gasteiger partial charge in [-0.2, -0.15) is 0 Å². The molecule has 2 rings (SSSR count). The molecule has 0 spiro atoms. The van der Waals surface area contributed by atoms with Gasteiger partial charge in [0.15, 0.2) is 9.99 Å². The molecular weight excluding hydrogens is 240 g/mol. The van der Waals surface area contributed by atoms with Gasteiger partial charge in [-0.05, 0) is 12.2 Å². The molecule has 0 radical (unpaired) electrons. The van der Waals surface area contributed by atoms with Crippen molar-refractivity contribution in [1.29, 1.82) is 0 Å². The highest BCUT2D eigenvalue weighted by Crippen LogP contribution is 2.30. The van der Waals surface area contributed by atoms with E-state index in [1.807, 2.05) is 6.26 Å². The summed E-state index contributed by atoms with van der Waals surface area (Å²) in [5.74, 6) is 1.49. The quantitative estimate of drug-likeness (QED) is 0.850. The van der Waals surface area contributed by atoms with Crippen molar-refractivity contribution in [2.75, 3.05) is 18.1 Å². The number of nitrogens with zero attached hydrogens (tertiary/aromatic N) is 3. The molecule has 0 saturated carbocycles. The minimum Gasteiger partial charge on any atom is -0.368 e. The van der Waals surface area contributed by atoms with Gasteiger partial charge in [0.1, 0.15) is 16.8 Å². The van der Waals surface area contributed by atoms with Crippen LogP contribution >= 0.6 is 23.1 Å². The maximum Gasteiger partial charge on any atom is 0.176 e. The lowest BCUT2D eigenvalue weighted by molar-refractivity contribution is 0.687. The van der Waals surface area contributed by atoms with E-state index in [9.17, 15) is 0 Å². The Bertz CT molecular complexity index is 481. The van der Waals surface area contributed by atoms with Crippen molar-refractivity contribution < 1.29 is 0 Å². The van der Waals surface area contributed by atoms with E-state index >= 15 is 0 Å². The van der Waals surface area contributed by atoms with E-state index < -0.39 is 0 Å². The highest BCUT2D eigenvalue weighted by Gasteiger charge is 2.09. The van der Waals surface area contributed by atoms with E-state index in [0.29, 0.717) is 5.92 Å². The number of aromatic nitrogens is 3. The largest absolute Gasteiger partial charge is 0.368 e. The first-order valence-electron chi connectivity index (χ1n) is 5.10. The summed E-state index contributed by atoms with van der Waals surface area (Å²) in [7, 11) is 0. The summed E-state index contributed by atoms with van der Waals surface area (Å²) in [4.78, 5) is 12.8. The molecule has 0 atom stereocenters. The molecular formula is C10H14N4S2. The van der Waals surface area contributed by atoms with Crippen LogP contribution in [0.5, 0.6) is 0 Å². The second-order valence-electron chi connectivity index (χ2n) is 3.83. The van der Waals surface area contributed by atoms with E-state index in [1.165, 1.54) is 0 Å². The van der Waals surface area contributed by atoms with Gasteiger partial charge in [-0.15, -0.1) is 11.3 Å². The zero-order chi connectivity index (χ0) is 11.5. The molecule has 0 bridgehead atoms. The molecule has 4 nitrogen and oxygen atoms in total. The Labute approximate surface area is 103 Å². The molecule has 0 unspecified atom stereocenters. The van der Waals surface area contributed by atoms with Gasteiger partial charge in [-0.3, -0.25) is 0 Å². The summed E-state index contributed by atoms with van der Waals surface area (Å²) >= 11 is 3.28. The Morgan fingerprint density at radius 3 is 2.94 bits per heavy atom. The highest BCUT2D eigenvalue weighted by atomic mass is 32.2. The molecule has 16 heavy (non-hydrogen) atoms. The van der Waals surface area contributed by atoms with Crippen LogP contribution in [-0.2, 0) is 0 Å². The molecule has 2 aromatic rings. The first-order chi connectivity index (χ1) is 7.70. The molecule has 2 aromatic heterocycles. The zero-order valence-corrected chi connectivity index (χ0v) is 11.2. The van der Waals surface area contributed by atoms with Gasteiger partial charge in [0, 0.05) is 6.54 Å². The Kier molecular flexibility index (Phi) is 3.60. The van der Waals surface area contributed by atoms with E-state index in [1.54, 1.807) is 29.4 Å². The third-order valence-electron chi connectivity index (χ3n) is 2.02. The standard InChI is InChI=1S/C10H14N4S2/c1-6(2)4-11-8-7-9(13-5-12-8)14-10(15-3)16-7/h5-6H,4H2,1-3H3,(H,11,12,13). The summed E-state index contributed by atoms with van der Waals surface area (Å²) in [5, 5.41) is 3.33. The van der Waals surface area contributed by atoms with Gasteiger partial charge in [-0.1, -0.05) is 25.6 Å². The molecule has 86 valence electrons. The Hall–Kier alpha value is -0.880. The molecule has 0 aliphatic heterocycles. The monoisotopic (exact) mass is 254 g/mol. The van der Waals surface area contributed by atoms with Gasteiger partial charge < -0.3 is 5.32 Å². The zero-order valence-electron chi connectivity index (χ0n) is 9.52. The van der Waals surface area contributed by atoms with Crippen LogP contribution in [0.2, 0.25) is 0 Å². The van der Waals surface area contributed by atoms with Gasteiger partial charge in [0.2, 0.25) is 0 Å². The third-order valence-corrected chi connectivity index (χ3v) is 4.06. The fourth-order valence-electron chi connectivity index (χ4n) is 1.25. The molecule has 0 aliphatic rings. The maximum atomic E-state index is 4.41. The van der Waals surface area contributed by atoms with Gasteiger partial charge in [-0.25, -0.2) is 15.0 Å². The fourth-order valence-corrected chi connectivity index (χ4v) is 2.73. The van der Waals surface area contributed by atoms with Crippen LogP contribution in [0, 0.1) is 5.92 Å². The van der Waals surface area contributed by atoms with Crippen molar-refractivity contribution in [1.82, 2.24) is 15.0 Å². The van der Waals surface area contributed by atoms with Crippen LogP contribution in [0.15, 0.2) is 10.7 Å². The lowest BCUT2D eigenvalue weighted by Crippen LogP contribution is -2.09. The minimum absolute atomic E-state index is 0.595. The predicted molar refractivity (Wildman–Crippen MR) is 70.3 cm³/mol. The van der Waals surface area contributed by atoms with E-state index in [4.69, 9.17) is 0 Å². The molecule has 0 aromatic carbocycles. The van der Waals surface area contributed by atoms with E-state index in [0.717, 1.165) is 27.0 Å². The molecule has 0 fully saturated rings. The normalized spacial score (nSPS) is 11.2. The number of hydrogen-bond donors (Lipinski definition) is 1. The summed E-state index contributed by atoms with van der Waals surface area (Å²) in [5.41, 5.74) is 0.788. The second-order valence-corrected chi connectivity index (χ2v) is 5.89. The van der Waals surface area contributed by atoms with Crippen LogP contribution in [0.4, 0.5) is 5.82 Å². The second kappa shape index (κ2) is 4.97. The number of fused-ring (bicyclic) bond motifs is 1. The third kappa shape index (κ3) is 2.44. The number of anilines is 1. The summed E-state index contributed by atoms with van der Waals surface area (Å²) < 4.78 is 2.08. The SMILES string of the molecule is CSc1nc2ncnc(NCC(C)C)c2s1. The van der Waals surface area contributed by atoms with Crippen LogP contribution < -0.4 is 5.32 Å². The van der Waals surface area contributed by atoms with Crippen LogP contribution in [-0.4, -0.2) is 27.8 Å². The first-order valence-corrected chi connectivity index (χ1v) is 7.14. The number of rotatable bonds is 4. The molecule has 2 heterocycles. The van der Waals surface area contributed by atoms with Crippen molar-refractivity contribution in [2.45, 2.75) is 18.2 Å². The smallest absolute Gasteiger partial charge is 0.176 e. The lowest BCUT2D eigenvalue weighted by atomic mass is 10.2. The number of thiazole rings is 1. The van der Waals surface area contributed by atoms with Crippen molar-refractivity contribution in [2.24, 2.45) is 5.92 Å². The van der Waals surface area contributed by atoms with E-state index in [2.05, 4.69) is 34.1 Å². The van der Waals surface area contributed by atoms with Gasteiger partial charge >= 0.3 is 0 Å². The number of thioether (sulfide) groups is 1. The average Bonchev–Trinajstić information content (AvgIpc) is 2.69. The molecule has 6 heteroatoms. The van der Waals surface area contributed by atoms with Crippen molar-refractivity contribution in [3.63, 3.8) is 0 Å². The topological polar surface area (TPSA) is 50.7 Å². The molecule has 1 N–H and O–H groups in total. The fraction of sp³-hybridized carbons (Fsp3) is 0.500. The highest BCUT2D eigenvalue weighted by molar-refractivity contribution is 8.00. The number of hydrogen-bond acceptors (Lipinski definition) is 6. The number of nitrogens with one attached hydrogen (secondary N) is 1. The average molecular weight is 254 g/mol. The van der Waals surface area contributed by atoms with Crippen molar-refractivity contribution in [3.05, 3.63) is 6.33 Å². The minimum atomic E-state index is 0.595. The van der Waals surface area contributed by atoms with Crippen LogP contribution in [0.1, 0.15) is 13.8 Å². The van der Waals surface area contributed by atoms with Crippen molar-refractivity contribution >= 4 is 39.3 Å². The first kappa shape index (κ1) is 11.6. The van der Waals surface area contributed by atoms with Crippen LogP contribution in [0.3, 0.4) is 0 Å². The molecule has 0 saturated heterocycles. The summed E-state index contributed by atoms with van der Waals surface area (Å²) in [6, 6.07) is 0. The van der Waals surface area contributed by atoms with Gasteiger partial charge in [0.25, 0.3) is 0 Å². The predicted octanol–water partition coefficient (Wildman–Crippen LogP) is 2.88. The summed E-state index contributed by atoms with van der Waals surface area (Å²) in [6.07, 6.45) is 3.58. The molecule has 0 amide bonds. The summed E-state index contributed by atoms with van der Waals surface area (Å²) in [6.45, 7) is 5.26. The van der Waals surface area contributed by atoms with Crippen LogP contribution in [0.25, 0.3) is 10.3 Å².